The molecule has 3 aromatic rings. The van der Waals surface area contributed by atoms with Crippen LogP contribution in [0, 0.1) is 0 Å². The molecule has 0 radical (unpaired) electrons. The van der Waals surface area contributed by atoms with E-state index in [4.69, 9.17) is 4.74 Å². The van der Waals surface area contributed by atoms with Crippen LogP contribution in [0.4, 0.5) is 16.2 Å². The van der Waals surface area contributed by atoms with Gasteiger partial charge in [0.25, 0.3) is 0 Å². The predicted molar refractivity (Wildman–Crippen MR) is 123 cm³/mol. The second kappa shape index (κ2) is 8.82. The summed E-state index contributed by atoms with van der Waals surface area (Å²) in [5.74, 6) is -0.0615. The van der Waals surface area contributed by atoms with Crippen LogP contribution in [-0.2, 0) is 16.1 Å². The summed E-state index contributed by atoms with van der Waals surface area (Å²) in [7, 11) is 0. The Hall–Kier alpha value is -3.68. The molecule has 0 aliphatic carbocycles. The van der Waals surface area contributed by atoms with Crippen molar-refractivity contribution < 1.29 is 14.3 Å². The molecule has 2 aromatic heterocycles. The van der Waals surface area contributed by atoms with Gasteiger partial charge in [0.15, 0.2) is 0 Å². The van der Waals surface area contributed by atoms with E-state index in [0.717, 1.165) is 16.7 Å². The van der Waals surface area contributed by atoms with Gasteiger partial charge in [0.1, 0.15) is 0 Å². The van der Waals surface area contributed by atoms with Crippen molar-refractivity contribution in [3.63, 3.8) is 0 Å². The van der Waals surface area contributed by atoms with Gasteiger partial charge >= 0.3 is 6.09 Å². The summed E-state index contributed by atoms with van der Waals surface area (Å²) >= 11 is 0. The second-order valence-electron chi connectivity index (χ2n) is 8.27. The fraction of sp³-hybridized carbons (Fsp3) is 0.333. The Labute approximate surface area is 187 Å². The number of pyridine rings is 1. The van der Waals surface area contributed by atoms with Gasteiger partial charge in [-0.1, -0.05) is 6.07 Å². The first-order valence-electron chi connectivity index (χ1n) is 10.7. The molecule has 0 N–H and O–H groups in total. The van der Waals surface area contributed by atoms with Crippen molar-refractivity contribution in [1.29, 1.82) is 0 Å². The fourth-order valence-corrected chi connectivity index (χ4v) is 4.00. The molecule has 3 heterocycles. The summed E-state index contributed by atoms with van der Waals surface area (Å²) in [4.78, 5) is 32.5. The lowest BCUT2D eigenvalue weighted by Gasteiger charge is -2.40. The van der Waals surface area contributed by atoms with Crippen LogP contribution in [0.3, 0.4) is 0 Å². The van der Waals surface area contributed by atoms with Crippen molar-refractivity contribution in [3.05, 3.63) is 60.7 Å². The molecule has 8 nitrogen and oxygen atoms in total. The highest BCUT2D eigenvalue weighted by atomic mass is 16.6. The Bertz CT molecular complexity index is 1130. The standard InChI is InChI=1S/C24H27N5O3/c1-16(2)32-24(31)28-13-17(3)29(18(4)30)22-6-5-20(11-23(22)28)21-12-26-27(15-21)14-19-7-9-25-10-8-19/h5-12,15-17H,13-14H2,1-4H3. The zero-order valence-electron chi connectivity index (χ0n) is 18.7. The summed E-state index contributed by atoms with van der Waals surface area (Å²) in [6.45, 7) is 8.11. The highest BCUT2D eigenvalue weighted by Crippen LogP contribution is 2.39. The van der Waals surface area contributed by atoms with Crippen LogP contribution in [0.5, 0.6) is 0 Å². The number of nitrogens with zero attached hydrogens (tertiary/aromatic N) is 5. The maximum atomic E-state index is 12.8. The monoisotopic (exact) mass is 433 g/mol. The molecule has 2 amide bonds. The molecular formula is C24H27N5O3. The molecule has 0 spiro atoms. The van der Waals surface area contributed by atoms with Gasteiger partial charge in [-0.3, -0.25) is 19.4 Å². The number of carbonyl (C=O) groups excluding carboxylic acids is 2. The minimum absolute atomic E-state index is 0.0615. The number of rotatable bonds is 4. The Balaban J connectivity index is 1.69. The Morgan fingerprint density at radius 2 is 1.88 bits per heavy atom. The largest absolute Gasteiger partial charge is 0.446 e. The van der Waals surface area contributed by atoms with Crippen LogP contribution in [-0.4, -0.2) is 45.5 Å². The van der Waals surface area contributed by atoms with Gasteiger partial charge in [-0.2, -0.15) is 5.10 Å². The van der Waals surface area contributed by atoms with E-state index in [1.54, 1.807) is 35.3 Å². The van der Waals surface area contributed by atoms with E-state index in [1.807, 2.05) is 62.0 Å². The highest BCUT2D eigenvalue weighted by molar-refractivity contribution is 6.03. The summed E-state index contributed by atoms with van der Waals surface area (Å²) in [6, 6.07) is 9.51. The SMILES string of the molecule is CC(=O)N1c2ccc(-c3cnn(Cc4ccncc4)c3)cc2N(C(=O)OC(C)C)CC1C. The average Bonchev–Trinajstić information content (AvgIpc) is 3.21. The number of hydrogen-bond donors (Lipinski definition) is 0. The lowest BCUT2D eigenvalue weighted by atomic mass is 10.0. The Morgan fingerprint density at radius 3 is 2.56 bits per heavy atom. The normalized spacial score (nSPS) is 15.6. The number of amides is 2. The van der Waals surface area contributed by atoms with Gasteiger partial charge < -0.3 is 9.64 Å². The number of benzene rings is 1. The van der Waals surface area contributed by atoms with Crippen molar-refractivity contribution >= 4 is 23.4 Å². The van der Waals surface area contributed by atoms with Crippen molar-refractivity contribution in [2.75, 3.05) is 16.3 Å². The molecule has 0 saturated heterocycles. The van der Waals surface area contributed by atoms with Crippen molar-refractivity contribution in [1.82, 2.24) is 14.8 Å². The molecule has 0 bridgehead atoms. The Morgan fingerprint density at radius 1 is 1.12 bits per heavy atom. The van der Waals surface area contributed by atoms with Crippen molar-refractivity contribution in [3.8, 4) is 11.1 Å². The minimum atomic E-state index is -0.415. The minimum Gasteiger partial charge on any atom is -0.446 e. The van der Waals surface area contributed by atoms with Crippen LogP contribution in [0.25, 0.3) is 11.1 Å². The maximum Gasteiger partial charge on any atom is 0.414 e. The third kappa shape index (κ3) is 4.34. The van der Waals surface area contributed by atoms with E-state index < -0.39 is 6.09 Å². The lowest BCUT2D eigenvalue weighted by Crippen LogP contribution is -2.51. The molecule has 0 fully saturated rings. The van der Waals surface area contributed by atoms with Crippen LogP contribution in [0.15, 0.2) is 55.1 Å². The number of aromatic nitrogens is 3. The first-order chi connectivity index (χ1) is 15.3. The number of hydrogen-bond acceptors (Lipinski definition) is 5. The first kappa shape index (κ1) is 21.5. The van der Waals surface area contributed by atoms with Gasteiger partial charge in [0, 0.05) is 37.6 Å². The smallest absolute Gasteiger partial charge is 0.414 e. The number of carbonyl (C=O) groups is 2. The Kier molecular flexibility index (Phi) is 5.94. The average molecular weight is 434 g/mol. The quantitative estimate of drug-likeness (QED) is 0.619. The van der Waals surface area contributed by atoms with E-state index in [9.17, 15) is 9.59 Å². The molecule has 1 aromatic carbocycles. The number of fused-ring (bicyclic) bond motifs is 1. The van der Waals surface area contributed by atoms with Gasteiger partial charge in [-0.25, -0.2) is 4.79 Å². The molecule has 4 rings (SSSR count). The molecule has 1 aliphatic rings. The zero-order chi connectivity index (χ0) is 22.8. The van der Waals surface area contributed by atoms with E-state index in [0.29, 0.717) is 24.5 Å². The van der Waals surface area contributed by atoms with E-state index in [2.05, 4.69) is 10.1 Å². The summed E-state index contributed by atoms with van der Waals surface area (Å²) in [5.41, 5.74) is 4.29. The van der Waals surface area contributed by atoms with Crippen LogP contribution in [0.1, 0.15) is 33.3 Å². The van der Waals surface area contributed by atoms with Crippen molar-refractivity contribution in [2.24, 2.45) is 0 Å². The van der Waals surface area contributed by atoms with Crippen LogP contribution < -0.4 is 9.80 Å². The molecule has 0 saturated carbocycles. The topological polar surface area (TPSA) is 80.6 Å². The van der Waals surface area contributed by atoms with Crippen LogP contribution >= 0.6 is 0 Å². The van der Waals surface area contributed by atoms with Gasteiger partial charge in [-0.05, 0) is 56.2 Å². The molecule has 1 unspecified atom stereocenters. The summed E-state index contributed by atoms with van der Waals surface area (Å²) in [6.07, 6.45) is 6.63. The maximum absolute atomic E-state index is 12.8. The second-order valence-corrected chi connectivity index (χ2v) is 8.27. The molecule has 32 heavy (non-hydrogen) atoms. The van der Waals surface area contributed by atoms with Gasteiger partial charge in [0.05, 0.1) is 36.3 Å². The highest BCUT2D eigenvalue weighted by Gasteiger charge is 2.34. The molecule has 1 atom stereocenters. The van der Waals surface area contributed by atoms with E-state index in [-0.39, 0.29) is 18.1 Å². The molecular weight excluding hydrogens is 406 g/mol. The molecule has 1 aliphatic heterocycles. The summed E-state index contributed by atoms with van der Waals surface area (Å²) in [5, 5.41) is 4.48. The van der Waals surface area contributed by atoms with Crippen LogP contribution in [0.2, 0.25) is 0 Å². The van der Waals surface area contributed by atoms with Gasteiger partial charge in [-0.15, -0.1) is 0 Å². The van der Waals surface area contributed by atoms with Gasteiger partial charge in [0.2, 0.25) is 5.91 Å². The zero-order valence-corrected chi connectivity index (χ0v) is 18.7. The third-order valence-corrected chi connectivity index (χ3v) is 5.37. The van der Waals surface area contributed by atoms with E-state index >= 15 is 0 Å². The first-order valence-corrected chi connectivity index (χ1v) is 10.7. The number of ether oxygens (including phenoxy) is 1. The lowest BCUT2D eigenvalue weighted by molar-refractivity contribution is -0.117. The number of anilines is 2. The third-order valence-electron chi connectivity index (χ3n) is 5.37. The summed E-state index contributed by atoms with van der Waals surface area (Å²) < 4.78 is 7.33. The molecule has 166 valence electrons. The molecule has 8 heteroatoms. The predicted octanol–water partition coefficient (Wildman–Crippen LogP) is 4.10. The van der Waals surface area contributed by atoms with E-state index in [1.165, 1.54) is 0 Å². The van der Waals surface area contributed by atoms with Crippen molar-refractivity contribution in [2.45, 2.75) is 46.4 Å². The fourth-order valence-electron chi connectivity index (χ4n) is 4.00.